The Morgan fingerprint density at radius 3 is 2.80 bits per heavy atom. The molecule has 0 amide bonds. The molecule has 3 heteroatoms. The van der Waals surface area contributed by atoms with E-state index in [-0.39, 0.29) is 6.04 Å². The van der Waals surface area contributed by atoms with Gasteiger partial charge in [-0.2, -0.15) is 0 Å². The molecule has 20 heavy (non-hydrogen) atoms. The summed E-state index contributed by atoms with van der Waals surface area (Å²) in [4.78, 5) is 0. The fourth-order valence-electron chi connectivity index (χ4n) is 2.40. The molecule has 0 radical (unpaired) electrons. The molecule has 1 aromatic carbocycles. The van der Waals surface area contributed by atoms with Crippen molar-refractivity contribution < 1.29 is 8.83 Å². The number of benzene rings is 1. The van der Waals surface area contributed by atoms with Crippen molar-refractivity contribution in [2.45, 2.75) is 25.8 Å². The number of fused-ring (bicyclic) bond motifs is 1. The van der Waals surface area contributed by atoms with Crippen LogP contribution in [0.15, 0.2) is 57.6 Å². The highest BCUT2D eigenvalue weighted by Crippen LogP contribution is 2.26. The molecule has 104 valence electrons. The van der Waals surface area contributed by atoms with Crippen LogP contribution in [-0.4, -0.2) is 6.54 Å². The van der Waals surface area contributed by atoms with E-state index in [2.05, 4.69) is 24.4 Å². The summed E-state index contributed by atoms with van der Waals surface area (Å²) in [5.74, 6) is 1.94. The smallest absolute Gasteiger partial charge is 0.134 e. The molecule has 0 aliphatic rings. The molecule has 1 atom stereocenters. The lowest BCUT2D eigenvalue weighted by molar-refractivity contribution is 0.396. The Morgan fingerprint density at radius 1 is 1.15 bits per heavy atom. The van der Waals surface area contributed by atoms with Crippen LogP contribution in [0.4, 0.5) is 0 Å². The molecule has 0 saturated heterocycles. The summed E-state index contributed by atoms with van der Waals surface area (Å²) in [6.07, 6.45) is 3.60. The van der Waals surface area contributed by atoms with E-state index in [0.717, 1.165) is 41.9 Å². The summed E-state index contributed by atoms with van der Waals surface area (Å²) in [6, 6.07) is 14.3. The fourth-order valence-corrected chi connectivity index (χ4v) is 2.40. The van der Waals surface area contributed by atoms with Crippen LogP contribution in [0.1, 0.15) is 30.9 Å². The van der Waals surface area contributed by atoms with Gasteiger partial charge in [0.25, 0.3) is 0 Å². The summed E-state index contributed by atoms with van der Waals surface area (Å²) in [5, 5.41) is 4.67. The Kier molecular flexibility index (Phi) is 3.88. The van der Waals surface area contributed by atoms with Crippen molar-refractivity contribution >= 4 is 11.0 Å². The minimum atomic E-state index is 0.147. The molecule has 3 rings (SSSR count). The number of hydrogen-bond acceptors (Lipinski definition) is 3. The molecular formula is C17H19NO2. The zero-order valence-corrected chi connectivity index (χ0v) is 11.6. The van der Waals surface area contributed by atoms with E-state index in [9.17, 15) is 0 Å². The zero-order valence-electron chi connectivity index (χ0n) is 11.6. The topological polar surface area (TPSA) is 38.3 Å². The Morgan fingerprint density at radius 2 is 2.05 bits per heavy atom. The first-order valence-corrected chi connectivity index (χ1v) is 7.11. The fraction of sp³-hybridized carbons (Fsp3) is 0.294. The summed E-state index contributed by atoms with van der Waals surface area (Å²) in [7, 11) is 0. The predicted octanol–water partition coefficient (Wildman–Crippen LogP) is 4.31. The monoisotopic (exact) mass is 269 g/mol. The lowest BCUT2D eigenvalue weighted by Crippen LogP contribution is -2.23. The van der Waals surface area contributed by atoms with Gasteiger partial charge >= 0.3 is 0 Å². The maximum atomic E-state index is 5.97. The van der Waals surface area contributed by atoms with Crippen LogP contribution < -0.4 is 5.32 Å². The molecule has 0 bridgehead atoms. The van der Waals surface area contributed by atoms with E-state index < -0.39 is 0 Å². The standard InChI is InChI=1S/C17H19NO2/c1-2-9-18-15(12-14-7-5-10-19-14)17-11-13-6-3-4-8-16(13)20-17/h3-8,10-11,15,18H,2,9,12H2,1H3. The third kappa shape index (κ3) is 2.78. The molecule has 0 fully saturated rings. The van der Waals surface area contributed by atoms with Gasteiger partial charge in [0.05, 0.1) is 12.3 Å². The SMILES string of the molecule is CCCNC(Cc1ccco1)c1cc2ccccc2o1. The first kappa shape index (κ1) is 13.0. The van der Waals surface area contributed by atoms with Crippen molar-refractivity contribution in [1.29, 1.82) is 0 Å². The average molecular weight is 269 g/mol. The second kappa shape index (κ2) is 5.97. The van der Waals surface area contributed by atoms with Gasteiger partial charge in [-0.05, 0) is 37.2 Å². The van der Waals surface area contributed by atoms with Gasteiger partial charge < -0.3 is 14.2 Å². The van der Waals surface area contributed by atoms with Gasteiger partial charge in [-0.1, -0.05) is 25.1 Å². The predicted molar refractivity (Wildman–Crippen MR) is 79.7 cm³/mol. The summed E-state index contributed by atoms with van der Waals surface area (Å²) in [6.45, 7) is 3.12. The van der Waals surface area contributed by atoms with Crippen molar-refractivity contribution in [2.75, 3.05) is 6.54 Å². The summed E-state index contributed by atoms with van der Waals surface area (Å²) in [5.41, 5.74) is 0.935. The van der Waals surface area contributed by atoms with E-state index in [0.29, 0.717) is 0 Å². The number of para-hydroxylation sites is 1. The minimum Gasteiger partial charge on any atom is -0.469 e. The Labute approximate surface area is 118 Å². The molecule has 1 unspecified atom stereocenters. The van der Waals surface area contributed by atoms with Crippen LogP contribution >= 0.6 is 0 Å². The highest BCUT2D eigenvalue weighted by atomic mass is 16.3. The lowest BCUT2D eigenvalue weighted by atomic mass is 10.1. The summed E-state index contributed by atoms with van der Waals surface area (Å²) < 4.78 is 11.4. The van der Waals surface area contributed by atoms with Crippen molar-refractivity contribution in [3.8, 4) is 0 Å². The third-order valence-electron chi connectivity index (χ3n) is 3.41. The number of furan rings is 2. The van der Waals surface area contributed by atoms with Gasteiger partial charge in [-0.15, -0.1) is 0 Å². The molecule has 0 spiro atoms. The Hall–Kier alpha value is -2.00. The Balaban J connectivity index is 1.87. The van der Waals surface area contributed by atoms with Crippen LogP contribution in [0.3, 0.4) is 0 Å². The van der Waals surface area contributed by atoms with Crippen molar-refractivity contribution in [1.82, 2.24) is 5.32 Å². The van der Waals surface area contributed by atoms with E-state index in [1.807, 2.05) is 30.3 Å². The maximum Gasteiger partial charge on any atom is 0.134 e. The van der Waals surface area contributed by atoms with Crippen molar-refractivity contribution in [3.05, 3.63) is 60.2 Å². The van der Waals surface area contributed by atoms with Crippen LogP contribution in [0.25, 0.3) is 11.0 Å². The number of rotatable bonds is 6. The molecule has 3 aromatic rings. The van der Waals surface area contributed by atoms with Gasteiger partial charge in [0.1, 0.15) is 17.1 Å². The molecule has 1 N–H and O–H groups in total. The second-order valence-corrected chi connectivity index (χ2v) is 4.98. The summed E-state index contributed by atoms with van der Waals surface area (Å²) >= 11 is 0. The van der Waals surface area contributed by atoms with Crippen LogP contribution in [0, 0.1) is 0 Å². The minimum absolute atomic E-state index is 0.147. The van der Waals surface area contributed by atoms with Gasteiger partial charge in [-0.3, -0.25) is 0 Å². The first-order valence-electron chi connectivity index (χ1n) is 7.11. The van der Waals surface area contributed by atoms with E-state index in [1.54, 1.807) is 6.26 Å². The second-order valence-electron chi connectivity index (χ2n) is 4.98. The van der Waals surface area contributed by atoms with Crippen LogP contribution in [-0.2, 0) is 6.42 Å². The van der Waals surface area contributed by atoms with E-state index in [1.165, 1.54) is 0 Å². The largest absolute Gasteiger partial charge is 0.469 e. The van der Waals surface area contributed by atoms with Crippen LogP contribution in [0.5, 0.6) is 0 Å². The van der Waals surface area contributed by atoms with Gasteiger partial charge in [-0.25, -0.2) is 0 Å². The molecule has 0 aliphatic heterocycles. The quantitative estimate of drug-likeness (QED) is 0.724. The molecule has 0 saturated carbocycles. The van der Waals surface area contributed by atoms with Crippen LogP contribution in [0.2, 0.25) is 0 Å². The number of hydrogen-bond donors (Lipinski definition) is 1. The highest BCUT2D eigenvalue weighted by Gasteiger charge is 2.17. The van der Waals surface area contributed by atoms with Gasteiger partial charge in [0.2, 0.25) is 0 Å². The lowest BCUT2D eigenvalue weighted by Gasteiger charge is -2.14. The first-order chi connectivity index (χ1) is 9.86. The average Bonchev–Trinajstić information content (AvgIpc) is 3.12. The number of nitrogens with one attached hydrogen (secondary N) is 1. The normalized spacial score (nSPS) is 12.8. The van der Waals surface area contributed by atoms with Gasteiger partial charge in [0, 0.05) is 11.8 Å². The maximum absolute atomic E-state index is 5.97. The van der Waals surface area contributed by atoms with E-state index in [4.69, 9.17) is 8.83 Å². The molecule has 2 heterocycles. The van der Waals surface area contributed by atoms with Crippen molar-refractivity contribution in [3.63, 3.8) is 0 Å². The Bertz CT molecular complexity index is 622. The molecule has 0 aliphatic carbocycles. The third-order valence-corrected chi connectivity index (χ3v) is 3.41. The zero-order chi connectivity index (χ0) is 13.8. The van der Waals surface area contributed by atoms with E-state index >= 15 is 0 Å². The molecular weight excluding hydrogens is 250 g/mol. The van der Waals surface area contributed by atoms with Crippen molar-refractivity contribution in [2.24, 2.45) is 0 Å². The molecule has 3 nitrogen and oxygen atoms in total. The van der Waals surface area contributed by atoms with Gasteiger partial charge in [0.15, 0.2) is 0 Å². The highest BCUT2D eigenvalue weighted by molar-refractivity contribution is 5.77. The molecule has 2 aromatic heterocycles.